The molecule has 2 N–H and O–H groups in total. The average Bonchev–Trinajstić information content (AvgIpc) is 2.80. The van der Waals surface area contributed by atoms with Crippen LogP contribution in [0.5, 0.6) is 11.6 Å². The average molecular weight is 472 g/mol. The number of nitrogens with zero attached hydrogens (tertiary/aromatic N) is 1. The molecule has 0 fully saturated rings. The molecular formula is C23H25N3O6S. The van der Waals surface area contributed by atoms with Crippen LogP contribution in [0, 0.1) is 6.92 Å². The van der Waals surface area contributed by atoms with Crippen LogP contribution in [-0.2, 0) is 14.8 Å². The maximum Gasteiger partial charge on any atom is 0.261 e. The van der Waals surface area contributed by atoms with Crippen LogP contribution in [0.1, 0.15) is 15.9 Å². The first-order valence-corrected chi connectivity index (χ1v) is 11.5. The van der Waals surface area contributed by atoms with E-state index >= 15 is 0 Å². The lowest BCUT2D eigenvalue weighted by Gasteiger charge is -2.12. The summed E-state index contributed by atoms with van der Waals surface area (Å²) < 4.78 is 43.6. The van der Waals surface area contributed by atoms with Gasteiger partial charge in [0, 0.05) is 24.4 Å². The molecule has 174 valence electrons. The van der Waals surface area contributed by atoms with E-state index in [0.717, 1.165) is 0 Å². The normalized spacial score (nSPS) is 11.0. The lowest BCUT2D eigenvalue weighted by molar-refractivity contribution is 0.102. The number of ether oxygens (including phenoxy) is 3. The van der Waals surface area contributed by atoms with Crippen LogP contribution in [0.2, 0.25) is 0 Å². The standard InChI is InChI=1S/C23H25N3O6S/c1-16-4-10-20(33(28,29)26-17-5-8-19(31-3)9-6-17)14-21(16)23(27)25-18-7-11-22(24-15-18)32-13-12-30-2/h4-11,14-15,26H,12-13H2,1-3H3,(H,25,27). The van der Waals surface area contributed by atoms with Crippen LogP contribution in [0.4, 0.5) is 11.4 Å². The number of benzene rings is 2. The van der Waals surface area contributed by atoms with Gasteiger partial charge in [0.25, 0.3) is 15.9 Å². The van der Waals surface area contributed by atoms with Crippen LogP contribution >= 0.6 is 0 Å². The molecule has 33 heavy (non-hydrogen) atoms. The van der Waals surface area contributed by atoms with E-state index in [1.807, 2.05) is 0 Å². The summed E-state index contributed by atoms with van der Waals surface area (Å²) in [4.78, 5) is 16.9. The van der Waals surface area contributed by atoms with Gasteiger partial charge in [0.15, 0.2) is 0 Å². The molecule has 0 spiro atoms. The molecule has 0 saturated carbocycles. The molecule has 3 aromatic rings. The smallest absolute Gasteiger partial charge is 0.261 e. The number of hydrogen-bond donors (Lipinski definition) is 2. The van der Waals surface area contributed by atoms with Gasteiger partial charge in [0.2, 0.25) is 5.88 Å². The molecule has 2 aromatic carbocycles. The quantitative estimate of drug-likeness (QED) is 0.435. The molecule has 10 heteroatoms. The predicted molar refractivity (Wildman–Crippen MR) is 125 cm³/mol. The van der Waals surface area contributed by atoms with E-state index in [9.17, 15) is 13.2 Å². The van der Waals surface area contributed by atoms with Crippen molar-refractivity contribution in [3.05, 3.63) is 71.9 Å². The van der Waals surface area contributed by atoms with Gasteiger partial charge in [-0.05, 0) is 55.0 Å². The number of anilines is 2. The van der Waals surface area contributed by atoms with Gasteiger partial charge in [-0.25, -0.2) is 13.4 Å². The highest BCUT2D eigenvalue weighted by Crippen LogP contribution is 2.22. The van der Waals surface area contributed by atoms with Gasteiger partial charge in [-0.15, -0.1) is 0 Å². The third-order valence-corrected chi connectivity index (χ3v) is 6.02. The Bertz CT molecular complexity index is 1200. The van der Waals surface area contributed by atoms with Gasteiger partial charge in [-0.2, -0.15) is 0 Å². The fourth-order valence-corrected chi connectivity index (χ4v) is 3.94. The van der Waals surface area contributed by atoms with E-state index < -0.39 is 15.9 Å². The van der Waals surface area contributed by atoms with Crippen molar-refractivity contribution in [3.8, 4) is 11.6 Å². The molecule has 1 amide bonds. The summed E-state index contributed by atoms with van der Waals surface area (Å²) in [7, 11) is -0.802. The number of sulfonamides is 1. The number of aryl methyl sites for hydroxylation is 1. The number of carbonyl (C=O) groups excluding carboxylic acids is 1. The van der Waals surface area contributed by atoms with Crippen molar-refractivity contribution >= 4 is 27.3 Å². The molecule has 1 heterocycles. The van der Waals surface area contributed by atoms with E-state index in [2.05, 4.69) is 15.0 Å². The fraction of sp³-hybridized carbons (Fsp3) is 0.217. The second-order valence-corrected chi connectivity index (χ2v) is 8.67. The van der Waals surface area contributed by atoms with E-state index in [1.165, 1.54) is 25.4 Å². The number of methoxy groups -OCH3 is 2. The predicted octanol–water partition coefficient (Wildman–Crippen LogP) is 3.48. The van der Waals surface area contributed by atoms with Crippen molar-refractivity contribution in [2.45, 2.75) is 11.8 Å². The highest BCUT2D eigenvalue weighted by molar-refractivity contribution is 7.92. The zero-order valence-electron chi connectivity index (χ0n) is 18.5. The van der Waals surface area contributed by atoms with Crippen LogP contribution in [0.15, 0.2) is 65.7 Å². The zero-order chi connectivity index (χ0) is 23.8. The molecule has 1 aromatic heterocycles. The highest BCUT2D eigenvalue weighted by Gasteiger charge is 2.19. The zero-order valence-corrected chi connectivity index (χ0v) is 19.3. The summed E-state index contributed by atoms with van der Waals surface area (Å²) in [6.07, 6.45) is 1.46. The van der Waals surface area contributed by atoms with Crippen molar-refractivity contribution in [3.63, 3.8) is 0 Å². The lowest BCUT2D eigenvalue weighted by Crippen LogP contribution is -2.17. The lowest BCUT2D eigenvalue weighted by atomic mass is 10.1. The minimum atomic E-state index is -3.91. The number of nitrogens with one attached hydrogen (secondary N) is 2. The Balaban J connectivity index is 1.73. The van der Waals surface area contributed by atoms with Crippen LogP contribution in [0.25, 0.3) is 0 Å². The molecule has 0 aliphatic rings. The summed E-state index contributed by atoms with van der Waals surface area (Å²) >= 11 is 0. The highest BCUT2D eigenvalue weighted by atomic mass is 32.2. The van der Waals surface area contributed by atoms with Crippen LogP contribution < -0.4 is 19.5 Å². The number of carbonyl (C=O) groups is 1. The SMILES string of the molecule is COCCOc1ccc(NC(=O)c2cc(S(=O)(=O)Nc3ccc(OC)cc3)ccc2C)cn1. The maximum atomic E-state index is 12.8. The van der Waals surface area contributed by atoms with Crippen molar-refractivity contribution < 1.29 is 27.4 Å². The Kier molecular flexibility index (Phi) is 7.86. The summed E-state index contributed by atoms with van der Waals surface area (Å²) in [6, 6.07) is 14.1. The first kappa shape index (κ1) is 24.0. The number of aromatic nitrogens is 1. The summed E-state index contributed by atoms with van der Waals surface area (Å²) in [5.41, 5.74) is 1.68. The van der Waals surface area contributed by atoms with E-state index in [1.54, 1.807) is 56.5 Å². The molecule has 9 nitrogen and oxygen atoms in total. The van der Waals surface area contributed by atoms with Gasteiger partial charge in [-0.1, -0.05) is 6.07 Å². The maximum absolute atomic E-state index is 12.8. The summed E-state index contributed by atoms with van der Waals surface area (Å²) in [5, 5.41) is 2.72. The van der Waals surface area contributed by atoms with E-state index in [4.69, 9.17) is 14.2 Å². The van der Waals surface area contributed by atoms with Gasteiger partial charge in [-0.3, -0.25) is 9.52 Å². The fourth-order valence-electron chi connectivity index (χ4n) is 2.85. The minimum Gasteiger partial charge on any atom is -0.497 e. The second-order valence-electron chi connectivity index (χ2n) is 6.99. The molecule has 0 bridgehead atoms. The van der Waals surface area contributed by atoms with Crippen molar-refractivity contribution in [1.29, 1.82) is 0 Å². The number of amides is 1. The Morgan fingerprint density at radius 3 is 2.33 bits per heavy atom. The third kappa shape index (κ3) is 6.43. The Hall–Kier alpha value is -3.63. The minimum absolute atomic E-state index is 0.0333. The number of rotatable bonds is 10. The Labute approximate surface area is 192 Å². The first-order valence-electron chi connectivity index (χ1n) is 9.99. The third-order valence-electron chi connectivity index (χ3n) is 4.64. The van der Waals surface area contributed by atoms with E-state index in [-0.39, 0.29) is 10.5 Å². The summed E-state index contributed by atoms with van der Waals surface area (Å²) in [5.74, 6) is 0.555. The van der Waals surface area contributed by atoms with Crippen molar-refractivity contribution in [2.24, 2.45) is 0 Å². The molecule has 3 rings (SSSR count). The van der Waals surface area contributed by atoms with Gasteiger partial charge < -0.3 is 19.5 Å². The van der Waals surface area contributed by atoms with Crippen LogP contribution in [-0.4, -0.2) is 46.7 Å². The number of pyridine rings is 1. The molecule has 0 atom stereocenters. The van der Waals surface area contributed by atoms with E-state index in [0.29, 0.717) is 41.8 Å². The Morgan fingerprint density at radius 1 is 0.970 bits per heavy atom. The van der Waals surface area contributed by atoms with Gasteiger partial charge >= 0.3 is 0 Å². The molecule has 0 aliphatic heterocycles. The van der Waals surface area contributed by atoms with Gasteiger partial charge in [0.1, 0.15) is 12.4 Å². The Morgan fingerprint density at radius 2 is 1.70 bits per heavy atom. The first-order chi connectivity index (χ1) is 15.8. The molecule has 0 saturated heterocycles. The van der Waals surface area contributed by atoms with Gasteiger partial charge in [0.05, 0.1) is 30.5 Å². The molecule has 0 radical (unpaired) electrons. The monoisotopic (exact) mass is 471 g/mol. The second kappa shape index (κ2) is 10.8. The largest absolute Gasteiger partial charge is 0.497 e. The van der Waals surface area contributed by atoms with Crippen molar-refractivity contribution in [2.75, 3.05) is 37.5 Å². The molecule has 0 aliphatic carbocycles. The number of hydrogen-bond acceptors (Lipinski definition) is 7. The van der Waals surface area contributed by atoms with Crippen molar-refractivity contribution in [1.82, 2.24) is 4.98 Å². The molecule has 0 unspecified atom stereocenters. The summed E-state index contributed by atoms with van der Waals surface area (Å²) in [6.45, 7) is 2.53. The molecular weight excluding hydrogens is 446 g/mol. The van der Waals surface area contributed by atoms with Crippen LogP contribution in [0.3, 0.4) is 0 Å². The topological polar surface area (TPSA) is 116 Å².